The van der Waals surface area contributed by atoms with Crippen molar-refractivity contribution in [3.8, 4) is 5.75 Å². The van der Waals surface area contributed by atoms with Crippen LogP contribution in [-0.4, -0.2) is 62.4 Å². The quantitative estimate of drug-likeness (QED) is 0.160. The second-order valence-corrected chi connectivity index (χ2v) is 7.47. The van der Waals surface area contributed by atoms with Crippen molar-refractivity contribution in [2.75, 3.05) is 51.9 Å². The number of thiazole rings is 1. The molecule has 0 amide bonds. The summed E-state index contributed by atoms with van der Waals surface area (Å²) in [6.45, 7) is 3.27. The molecule has 3 rings (SSSR count). The predicted octanol–water partition coefficient (Wildman–Crippen LogP) is 2.95. The van der Waals surface area contributed by atoms with E-state index in [1.807, 2.05) is 4.90 Å². The van der Waals surface area contributed by atoms with Crippen molar-refractivity contribution in [2.45, 2.75) is 6.54 Å². The van der Waals surface area contributed by atoms with Crippen LogP contribution in [0.25, 0.3) is 0 Å². The van der Waals surface area contributed by atoms with E-state index in [1.54, 1.807) is 0 Å². The van der Waals surface area contributed by atoms with E-state index in [9.17, 15) is 26.7 Å². The fraction of sp³-hybridized carbons (Fsp3) is 0.444. The number of rotatable bonds is 8. The van der Waals surface area contributed by atoms with Gasteiger partial charge in [-0.3, -0.25) is 4.90 Å². The Labute approximate surface area is 177 Å². The first-order chi connectivity index (χ1) is 14.8. The molecular formula is C18H18F5N3O4S. The van der Waals surface area contributed by atoms with Crippen LogP contribution in [0.3, 0.4) is 0 Å². The summed E-state index contributed by atoms with van der Waals surface area (Å²) in [7, 11) is 1.46. The monoisotopic (exact) mass is 467 g/mol. The molecule has 0 radical (unpaired) electrons. The summed E-state index contributed by atoms with van der Waals surface area (Å²) >= 11 is 0.884. The van der Waals surface area contributed by atoms with Crippen molar-refractivity contribution in [3.63, 3.8) is 0 Å². The summed E-state index contributed by atoms with van der Waals surface area (Å²) in [6, 6.07) is 0. The van der Waals surface area contributed by atoms with Gasteiger partial charge in [0.05, 0.1) is 26.4 Å². The van der Waals surface area contributed by atoms with Crippen LogP contribution in [0.2, 0.25) is 0 Å². The van der Waals surface area contributed by atoms with E-state index >= 15 is 0 Å². The highest BCUT2D eigenvalue weighted by molar-refractivity contribution is 7.14. The number of esters is 1. The second-order valence-electron chi connectivity index (χ2n) is 6.38. The number of carbonyl (C=O) groups is 1. The molecule has 1 aliphatic heterocycles. The van der Waals surface area contributed by atoms with Gasteiger partial charge >= 0.3 is 5.97 Å². The summed E-state index contributed by atoms with van der Waals surface area (Å²) < 4.78 is 82.5. The number of hydrogen-bond donors (Lipinski definition) is 1. The van der Waals surface area contributed by atoms with Crippen molar-refractivity contribution >= 4 is 23.1 Å². The first-order valence-corrected chi connectivity index (χ1v) is 9.91. The minimum atomic E-state index is -2.35. The fourth-order valence-corrected chi connectivity index (χ4v) is 3.68. The van der Waals surface area contributed by atoms with E-state index in [0.29, 0.717) is 37.9 Å². The highest BCUT2D eigenvalue weighted by Crippen LogP contribution is 2.32. The van der Waals surface area contributed by atoms with Gasteiger partial charge in [-0.05, 0) is 0 Å². The van der Waals surface area contributed by atoms with Crippen LogP contribution in [0, 0.1) is 29.1 Å². The zero-order chi connectivity index (χ0) is 22.5. The summed E-state index contributed by atoms with van der Waals surface area (Å²) in [5.41, 5.74) is 0. The lowest BCUT2D eigenvalue weighted by Crippen LogP contribution is -2.35. The van der Waals surface area contributed by atoms with E-state index in [-0.39, 0.29) is 23.8 Å². The molecule has 1 fully saturated rings. The number of nitrogens with zero attached hydrogens (tertiary/aromatic N) is 2. The van der Waals surface area contributed by atoms with Crippen LogP contribution in [-0.2, 0) is 16.0 Å². The van der Waals surface area contributed by atoms with Gasteiger partial charge in [0.15, 0.2) is 10.7 Å². The van der Waals surface area contributed by atoms with E-state index in [0.717, 1.165) is 11.3 Å². The zero-order valence-corrected chi connectivity index (χ0v) is 17.1. The lowest BCUT2D eigenvalue weighted by atomic mass is 10.2. The molecule has 13 heteroatoms. The topological polar surface area (TPSA) is 72.9 Å². The number of ether oxygens (including phenoxy) is 3. The maximum Gasteiger partial charge on any atom is 0.357 e. The molecule has 1 aliphatic rings. The van der Waals surface area contributed by atoms with Gasteiger partial charge in [-0.25, -0.2) is 22.9 Å². The van der Waals surface area contributed by atoms with Crippen molar-refractivity contribution < 1.29 is 41.0 Å². The first kappa shape index (κ1) is 23.3. The average molecular weight is 467 g/mol. The highest BCUT2D eigenvalue weighted by atomic mass is 32.1. The molecule has 0 atom stereocenters. The lowest BCUT2D eigenvalue weighted by Gasteiger charge is -2.25. The Morgan fingerprint density at radius 3 is 2.32 bits per heavy atom. The average Bonchev–Trinajstić information content (AvgIpc) is 3.17. The molecule has 1 N–H and O–H groups in total. The molecular weight excluding hydrogens is 449 g/mol. The Morgan fingerprint density at radius 2 is 1.71 bits per heavy atom. The SMILES string of the molecule is COCCNc1nc(CN2CCOCC2)sc1C(=O)Oc1c(F)c(F)c(F)c(F)c1F. The number of benzene rings is 1. The van der Waals surface area contributed by atoms with Gasteiger partial charge in [0, 0.05) is 26.7 Å². The molecule has 0 aliphatic carbocycles. The predicted molar refractivity (Wildman–Crippen MR) is 99.8 cm³/mol. The maximum absolute atomic E-state index is 13.9. The number of hydrogen-bond acceptors (Lipinski definition) is 8. The normalized spacial score (nSPS) is 14.6. The second kappa shape index (κ2) is 10.3. The van der Waals surface area contributed by atoms with E-state index in [1.165, 1.54) is 7.11 Å². The Balaban J connectivity index is 1.86. The van der Waals surface area contributed by atoms with Crippen LogP contribution in [0.15, 0.2) is 0 Å². The van der Waals surface area contributed by atoms with Gasteiger partial charge in [-0.2, -0.15) is 8.78 Å². The molecule has 0 bridgehead atoms. The molecule has 31 heavy (non-hydrogen) atoms. The van der Waals surface area contributed by atoms with Crippen LogP contribution < -0.4 is 10.1 Å². The van der Waals surface area contributed by atoms with Gasteiger partial charge in [-0.15, -0.1) is 11.3 Å². The number of nitrogens with one attached hydrogen (secondary N) is 1. The summed E-state index contributed by atoms with van der Waals surface area (Å²) in [4.78, 5) is 18.7. The summed E-state index contributed by atoms with van der Waals surface area (Å²) in [5.74, 6) is -14.2. The number of aromatic nitrogens is 1. The highest BCUT2D eigenvalue weighted by Gasteiger charge is 2.30. The minimum Gasteiger partial charge on any atom is -0.416 e. The molecule has 1 aromatic heterocycles. The number of methoxy groups -OCH3 is 1. The number of morpholine rings is 1. The van der Waals surface area contributed by atoms with E-state index in [2.05, 4.69) is 15.0 Å². The molecule has 1 saturated heterocycles. The first-order valence-electron chi connectivity index (χ1n) is 9.09. The Hall–Kier alpha value is -2.35. The largest absolute Gasteiger partial charge is 0.416 e. The molecule has 0 unspecified atom stereocenters. The maximum atomic E-state index is 13.9. The Kier molecular flexibility index (Phi) is 7.75. The molecule has 1 aromatic carbocycles. The summed E-state index contributed by atoms with van der Waals surface area (Å²) in [6.07, 6.45) is 0. The fourth-order valence-electron chi connectivity index (χ4n) is 2.73. The standard InChI is InChI=1S/C18H18F5N3O4S/c1-28-5-2-24-17-16(31-9(25-17)8-26-3-6-29-7-4-26)18(27)30-15-13(22)11(20)10(19)12(21)14(15)23/h24H,2-8H2,1H3. The van der Waals surface area contributed by atoms with Gasteiger partial charge in [0.2, 0.25) is 34.8 Å². The third-order valence-electron chi connectivity index (χ3n) is 4.28. The molecule has 0 spiro atoms. The Morgan fingerprint density at radius 1 is 1.10 bits per heavy atom. The number of anilines is 1. The van der Waals surface area contributed by atoms with Gasteiger partial charge < -0.3 is 19.5 Å². The van der Waals surface area contributed by atoms with Crippen LogP contribution in [0.4, 0.5) is 27.8 Å². The van der Waals surface area contributed by atoms with Crippen molar-refractivity contribution in [3.05, 3.63) is 39.0 Å². The molecule has 0 saturated carbocycles. The molecule has 2 aromatic rings. The van der Waals surface area contributed by atoms with Crippen LogP contribution in [0.5, 0.6) is 5.75 Å². The van der Waals surface area contributed by atoms with Gasteiger partial charge in [-0.1, -0.05) is 0 Å². The molecule has 2 heterocycles. The summed E-state index contributed by atoms with van der Waals surface area (Å²) in [5, 5.41) is 3.33. The van der Waals surface area contributed by atoms with Gasteiger partial charge in [0.1, 0.15) is 5.01 Å². The number of halogens is 5. The van der Waals surface area contributed by atoms with Crippen molar-refractivity contribution in [1.82, 2.24) is 9.88 Å². The number of carbonyl (C=O) groups excluding carboxylic acids is 1. The third-order valence-corrected chi connectivity index (χ3v) is 5.30. The van der Waals surface area contributed by atoms with Crippen LogP contribution >= 0.6 is 11.3 Å². The third kappa shape index (κ3) is 5.29. The zero-order valence-electron chi connectivity index (χ0n) is 16.3. The minimum absolute atomic E-state index is 0.0548. The van der Waals surface area contributed by atoms with E-state index in [4.69, 9.17) is 9.47 Å². The van der Waals surface area contributed by atoms with Crippen LogP contribution in [0.1, 0.15) is 14.7 Å². The lowest BCUT2D eigenvalue weighted by molar-refractivity contribution is 0.0342. The molecule has 170 valence electrons. The Bertz CT molecular complexity index is 924. The van der Waals surface area contributed by atoms with Gasteiger partial charge in [0.25, 0.3) is 0 Å². The molecule has 7 nitrogen and oxygen atoms in total. The van der Waals surface area contributed by atoms with Crippen molar-refractivity contribution in [1.29, 1.82) is 0 Å². The smallest absolute Gasteiger partial charge is 0.357 e. The van der Waals surface area contributed by atoms with Crippen molar-refractivity contribution in [2.24, 2.45) is 0 Å². The van der Waals surface area contributed by atoms with E-state index < -0.39 is 40.8 Å².